The van der Waals surface area contributed by atoms with Crippen molar-refractivity contribution in [2.75, 3.05) is 6.54 Å². The molecule has 1 atom stereocenters. The second-order valence-electron chi connectivity index (χ2n) is 10.9. The molecule has 2 fully saturated rings. The second kappa shape index (κ2) is 11.2. The standard InChI is InChI=1S/C27H41N3O4/c1-18-14-19(2)16-20(15-18)24(25(32)29-21-10-7-6-8-11-21)30(22-12-9-13-22)23(31)17-28-26(33)34-27(3,4)5/h14-16,21-22,24H,6-13,17H2,1-5H3,(H,28,33)(H,29,32). The van der Waals surface area contributed by atoms with Crippen LogP contribution in [0.3, 0.4) is 0 Å². The molecule has 3 rings (SSSR count). The monoisotopic (exact) mass is 471 g/mol. The van der Waals surface area contributed by atoms with E-state index in [2.05, 4.69) is 16.7 Å². The third kappa shape index (κ3) is 7.21. The van der Waals surface area contributed by atoms with Crippen LogP contribution in [0.4, 0.5) is 4.79 Å². The quantitative estimate of drug-likeness (QED) is 0.603. The number of hydrogen-bond acceptors (Lipinski definition) is 4. The van der Waals surface area contributed by atoms with Crippen LogP contribution in [0.15, 0.2) is 18.2 Å². The van der Waals surface area contributed by atoms with Crippen LogP contribution < -0.4 is 10.6 Å². The minimum atomic E-state index is -0.723. The molecule has 0 aromatic heterocycles. The molecular weight excluding hydrogens is 430 g/mol. The molecule has 1 aromatic rings. The Balaban J connectivity index is 1.86. The van der Waals surface area contributed by atoms with Crippen molar-refractivity contribution in [2.24, 2.45) is 0 Å². The highest BCUT2D eigenvalue weighted by molar-refractivity contribution is 5.91. The van der Waals surface area contributed by atoms with Crippen molar-refractivity contribution in [2.45, 2.75) is 110 Å². The van der Waals surface area contributed by atoms with Gasteiger partial charge in [-0.2, -0.15) is 0 Å². The molecule has 0 heterocycles. The van der Waals surface area contributed by atoms with Gasteiger partial charge in [0, 0.05) is 12.1 Å². The fourth-order valence-electron chi connectivity index (χ4n) is 4.91. The zero-order valence-corrected chi connectivity index (χ0v) is 21.4. The maximum atomic E-state index is 13.7. The lowest BCUT2D eigenvalue weighted by Gasteiger charge is -2.42. The first-order valence-electron chi connectivity index (χ1n) is 12.7. The minimum absolute atomic E-state index is 0.0177. The summed E-state index contributed by atoms with van der Waals surface area (Å²) in [7, 11) is 0. The summed E-state index contributed by atoms with van der Waals surface area (Å²) >= 11 is 0. The lowest BCUT2D eigenvalue weighted by atomic mass is 9.87. The number of carbonyl (C=O) groups is 3. The predicted molar refractivity (Wildman–Crippen MR) is 132 cm³/mol. The van der Waals surface area contributed by atoms with E-state index >= 15 is 0 Å². The first-order chi connectivity index (χ1) is 16.0. The predicted octanol–water partition coefficient (Wildman–Crippen LogP) is 4.70. The van der Waals surface area contributed by atoms with E-state index in [0.717, 1.165) is 61.6 Å². The minimum Gasteiger partial charge on any atom is -0.444 e. The molecule has 0 saturated heterocycles. The van der Waals surface area contributed by atoms with E-state index in [1.165, 1.54) is 6.42 Å². The Morgan fingerprint density at radius 2 is 1.59 bits per heavy atom. The third-order valence-electron chi connectivity index (χ3n) is 6.58. The normalized spacial score (nSPS) is 17.9. The van der Waals surface area contributed by atoms with Crippen molar-refractivity contribution in [3.05, 3.63) is 34.9 Å². The average Bonchev–Trinajstić information content (AvgIpc) is 2.69. The summed E-state index contributed by atoms with van der Waals surface area (Å²) in [5.74, 6) is -0.395. The summed E-state index contributed by atoms with van der Waals surface area (Å²) in [5, 5.41) is 5.83. The maximum Gasteiger partial charge on any atom is 0.408 e. The van der Waals surface area contributed by atoms with Gasteiger partial charge in [-0.15, -0.1) is 0 Å². The number of hydrogen-bond donors (Lipinski definition) is 2. The van der Waals surface area contributed by atoms with E-state index in [4.69, 9.17) is 4.74 Å². The Labute approximate surface area is 204 Å². The number of nitrogens with one attached hydrogen (secondary N) is 2. The average molecular weight is 472 g/mol. The van der Waals surface area contributed by atoms with E-state index in [9.17, 15) is 14.4 Å². The van der Waals surface area contributed by atoms with Crippen LogP contribution in [-0.4, -0.2) is 47.0 Å². The summed E-state index contributed by atoms with van der Waals surface area (Å²) in [6.45, 7) is 9.14. The summed E-state index contributed by atoms with van der Waals surface area (Å²) in [4.78, 5) is 41.1. The molecule has 2 saturated carbocycles. The Kier molecular flexibility index (Phi) is 8.61. The lowest BCUT2D eigenvalue weighted by Crippen LogP contribution is -2.54. The molecule has 188 valence electrons. The van der Waals surface area contributed by atoms with Gasteiger partial charge in [-0.05, 0) is 72.3 Å². The van der Waals surface area contributed by atoms with Gasteiger partial charge in [-0.25, -0.2) is 4.79 Å². The van der Waals surface area contributed by atoms with E-state index in [0.29, 0.717) is 0 Å². The van der Waals surface area contributed by atoms with Crippen LogP contribution >= 0.6 is 0 Å². The van der Waals surface area contributed by atoms with Crippen LogP contribution in [0.2, 0.25) is 0 Å². The summed E-state index contributed by atoms with van der Waals surface area (Å²) in [5.41, 5.74) is 2.28. The van der Waals surface area contributed by atoms with Crippen LogP contribution in [0.1, 0.15) is 94.9 Å². The SMILES string of the molecule is Cc1cc(C)cc(C(C(=O)NC2CCCCC2)N(C(=O)CNC(=O)OC(C)(C)C)C2CCC2)c1. The van der Waals surface area contributed by atoms with Gasteiger partial charge in [0.2, 0.25) is 11.8 Å². The molecule has 0 bridgehead atoms. The van der Waals surface area contributed by atoms with Crippen molar-refractivity contribution < 1.29 is 19.1 Å². The van der Waals surface area contributed by atoms with Gasteiger partial charge >= 0.3 is 6.09 Å². The van der Waals surface area contributed by atoms with Gasteiger partial charge in [0.1, 0.15) is 18.2 Å². The largest absolute Gasteiger partial charge is 0.444 e. The number of amides is 3. The van der Waals surface area contributed by atoms with Crippen LogP contribution in [-0.2, 0) is 14.3 Å². The number of alkyl carbamates (subject to hydrolysis) is 1. The second-order valence-corrected chi connectivity index (χ2v) is 10.9. The number of rotatable bonds is 7. The van der Waals surface area contributed by atoms with Gasteiger partial charge in [-0.1, -0.05) is 48.6 Å². The van der Waals surface area contributed by atoms with E-state index < -0.39 is 17.7 Å². The molecule has 7 nitrogen and oxygen atoms in total. The number of ether oxygens (including phenoxy) is 1. The molecule has 0 radical (unpaired) electrons. The van der Waals surface area contributed by atoms with E-state index in [1.807, 2.05) is 26.0 Å². The molecule has 34 heavy (non-hydrogen) atoms. The van der Waals surface area contributed by atoms with Gasteiger partial charge in [0.05, 0.1) is 0 Å². The number of benzene rings is 1. The van der Waals surface area contributed by atoms with Crippen molar-refractivity contribution in [1.29, 1.82) is 0 Å². The molecule has 1 unspecified atom stereocenters. The van der Waals surface area contributed by atoms with Crippen molar-refractivity contribution in [3.8, 4) is 0 Å². The summed E-state index contributed by atoms with van der Waals surface area (Å²) in [6.07, 6.45) is 7.49. The summed E-state index contributed by atoms with van der Waals surface area (Å²) in [6, 6.07) is 5.47. The third-order valence-corrected chi connectivity index (χ3v) is 6.58. The molecule has 7 heteroatoms. The topological polar surface area (TPSA) is 87.7 Å². The fourth-order valence-corrected chi connectivity index (χ4v) is 4.91. The Morgan fingerprint density at radius 3 is 2.12 bits per heavy atom. The molecule has 0 aliphatic heterocycles. The molecule has 3 amide bonds. The van der Waals surface area contributed by atoms with Crippen molar-refractivity contribution >= 4 is 17.9 Å². The highest BCUT2D eigenvalue weighted by Gasteiger charge is 2.39. The van der Waals surface area contributed by atoms with Gasteiger partial charge in [0.15, 0.2) is 0 Å². The number of aryl methyl sites for hydroxylation is 2. The highest BCUT2D eigenvalue weighted by atomic mass is 16.6. The van der Waals surface area contributed by atoms with Crippen molar-refractivity contribution in [1.82, 2.24) is 15.5 Å². The number of carbonyl (C=O) groups excluding carboxylic acids is 3. The van der Waals surface area contributed by atoms with Crippen molar-refractivity contribution in [3.63, 3.8) is 0 Å². The zero-order chi connectivity index (χ0) is 24.9. The van der Waals surface area contributed by atoms with Gasteiger partial charge in [0.25, 0.3) is 0 Å². The fraction of sp³-hybridized carbons (Fsp3) is 0.667. The Hall–Kier alpha value is -2.57. The van der Waals surface area contributed by atoms with Crippen LogP contribution in [0.25, 0.3) is 0 Å². The molecule has 2 aliphatic carbocycles. The smallest absolute Gasteiger partial charge is 0.408 e. The van der Waals surface area contributed by atoms with Gasteiger partial charge < -0.3 is 20.3 Å². The van der Waals surface area contributed by atoms with Crippen LogP contribution in [0, 0.1) is 13.8 Å². The zero-order valence-electron chi connectivity index (χ0n) is 21.4. The lowest BCUT2D eigenvalue weighted by molar-refractivity contribution is -0.145. The number of nitrogens with zero attached hydrogens (tertiary/aromatic N) is 1. The molecule has 2 aliphatic rings. The van der Waals surface area contributed by atoms with E-state index in [-0.39, 0.29) is 30.4 Å². The maximum absolute atomic E-state index is 13.7. The molecular formula is C27H41N3O4. The molecule has 2 N–H and O–H groups in total. The molecule has 0 spiro atoms. The first kappa shape index (κ1) is 26.0. The summed E-state index contributed by atoms with van der Waals surface area (Å²) < 4.78 is 5.29. The Bertz CT molecular complexity index is 862. The molecule has 1 aromatic carbocycles. The highest BCUT2D eigenvalue weighted by Crippen LogP contribution is 2.34. The van der Waals surface area contributed by atoms with E-state index in [1.54, 1.807) is 25.7 Å². The Morgan fingerprint density at radius 1 is 0.971 bits per heavy atom. The van der Waals surface area contributed by atoms with Crippen LogP contribution in [0.5, 0.6) is 0 Å². The first-order valence-corrected chi connectivity index (χ1v) is 12.7. The van der Waals surface area contributed by atoms with Gasteiger partial charge in [-0.3, -0.25) is 9.59 Å².